The molecule has 0 unspecified atom stereocenters. The summed E-state index contributed by atoms with van der Waals surface area (Å²) in [5.41, 5.74) is 5.46. The summed E-state index contributed by atoms with van der Waals surface area (Å²) in [7, 11) is 0. The third kappa shape index (κ3) is 3.20. The predicted molar refractivity (Wildman–Crippen MR) is 63.7 cm³/mol. The van der Waals surface area contributed by atoms with Crippen molar-refractivity contribution in [3.63, 3.8) is 0 Å². The molecular weight excluding hydrogens is 244 g/mol. The third-order valence-corrected chi connectivity index (χ3v) is 3.16. The van der Waals surface area contributed by atoms with Crippen LogP contribution in [-0.4, -0.2) is 15.5 Å². The Labute approximate surface area is 102 Å². The lowest BCUT2D eigenvalue weighted by atomic mass is 10.3. The van der Waals surface area contributed by atoms with Crippen LogP contribution in [-0.2, 0) is 6.54 Å². The summed E-state index contributed by atoms with van der Waals surface area (Å²) < 4.78 is 27.6. The van der Waals surface area contributed by atoms with Gasteiger partial charge in [-0.25, -0.2) is 8.78 Å². The first-order valence-corrected chi connectivity index (χ1v) is 6.00. The number of anilines is 1. The SMILES string of the molecule is Nc1ccn(CCSc2ccc(F)cc2F)n1. The Morgan fingerprint density at radius 3 is 2.76 bits per heavy atom. The van der Waals surface area contributed by atoms with Gasteiger partial charge in [-0.2, -0.15) is 5.10 Å². The molecule has 90 valence electrons. The summed E-state index contributed by atoms with van der Waals surface area (Å²) in [5, 5.41) is 4.01. The second-order valence-electron chi connectivity index (χ2n) is 3.43. The monoisotopic (exact) mass is 255 g/mol. The van der Waals surface area contributed by atoms with E-state index in [1.807, 2.05) is 0 Å². The molecule has 1 aromatic heterocycles. The van der Waals surface area contributed by atoms with Crippen molar-refractivity contribution < 1.29 is 8.78 Å². The number of aryl methyl sites for hydroxylation is 1. The fourth-order valence-corrected chi connectivity index (χ4v) is 2.20. The van der Waals surface area contributed by atoms with E-state index in [1.165, 1.54) is 23.9 Å². The van der Waals surface area contributed by atoms with E-state index < -0.39 is 11.6 Å². The number of thioether (sulfide) groups is 1. The highest BCUT2D eigenvalue weighted by atomic mass is 32.2. The van der Waals surface area contributed by atoms with Crippen molar-refractivity contribution in [3.05, 3.63) is 42.1 Å². The van der Waals surface area contributed by atoms with Gasteiger partial charge < -0.3 is 5.73 Å². The third-order valence-electron chi connectivity index (χ3n) is 2.13. The van der Waals surface area contributed by atoms with Gasteiger partial charge in [-0.05, 0) is 18.2 Å². The lowest BCUT2D eigenvalue weighted by Gasteiger charge is -2.03. The molecule has 0 spiro atoms. The lowest BCUT2D eigenvalue weighted by Crippen LogP contribution is -2.02. The van der Waals surface area contributed by atoms with E-state index in [4.69, 9.17) is 5.73 Å². The minimum Gasteiger partial charge on any atom is -0.382 e. The van der Waals surface area contributed by atoms with Crippen LogP contribution in [0.15, 0.2) is 35.4 Å². The second-order valence-corrected chi connectivity index (χ2v) is 4.56. The van der Waals surface area contributed by atoms with Crippen LogP contribution in [0, 0.1) is 11.6 Å². The summed E-state index contributed by atoms with van der Waals surface area (Å²) in [4.78, 5) is 0.437. The standard InChI is InChI=1S/C11H11F2N3S/c12-8-1-2-10(9(13)7-8)17-6-5-16-4-3-11(14)15-16/h1-4,7H,5-6H2,(H2,14,15). The zero-order valence-corrected chi connectivity index (χ0v) is 9.75. The molecule has 17 heavy (non-hydrogen) atoms. The quantitative estimate of drug-likeness (QED) is 0.854. The zero-order valence-electron chi connectivity index (χ0n) is 8.94. The molecule has 0 saturated carbocycles. The van der Waals surface area contributed by atoms with Crippen molar-refractivity contribution in [3.8, 4) is 0 Å². The zero-order chi connectivity index (χ0) is 12.3. The highest BCUT2D eigenvalue weighted by Crippen LogP contribution is 2.22. The largest absolute Gasteiger partial charge is 0.382 e. The first-order chi connectivity index (χ1) is 8.15. The van der Waals surface area contributed by atoms with Crippen LogP contribution < -0.4 is 5.73 Å². The van der Waals surface area contributed by atoms with E-state index in [1.54, 1.807) is 16.9 Å². The van der Waals surface area contributed by atoms with E-state index in [2.05, 4.69) is 5.10 Å². The fourth-order valence-electron chi connectivity index (χ4n) is 1.34. The fraction of sp³-hybridized carbons (Fsp3) is 0.182. The Morgan fingerprint density at radius 2 is 2.12 bits per heavy atom. The molecule has 0 aliphatic heterocycles. The smallest absolute Gasteiger partial charge is 0.145 e. The number of rotatable bonds is 4. The summed E-state index contributed by atoms with van der Waals surface area (Å²) in [6, 6.07) is 5.27. The molecule has 2 N–H and O–H groups in total. The van der Waals surface area contributed by atoms with Crippen molar-refractivity contribution in [2.24, 2.45) is 0 Å². The average molecular weight is 255 g/mol. The average Bonchev–Trinajstić information content (AvgIpc) is 2.68. The van der Waals surface area contributed by atoms with Crippen LogP contribution in [0.25, 0.3) is 0 Å². The van der Waals surface area contributed by atoms with Crippen molar-refractivity contribution in [2.75, 3.05) is 11.5 Å². The minimum atomic E-state index is -0.563. The number of nitrogen functional groups attached to an aromatic ring is 1. The summed E-state index contributed by atoms with van der Waals surface area (Å²) in [5.74, 6) is 0.00794. The Hall–Kier alpha value is -1.56. The van der Waals surface area contributed by atoms with Gasteiger partial charge in [0.1, 0.15) is 17.5 Å². The first-order valence-electron chi connectivity index (χ1n) is 5.02. The van der Waals surface area contributed by atoms with Crippen LogP contribution in [0.2, 0.25) is 0 Å². The van der Waals surface area contributed by atoms with Gasteiger partial charge in [0.05, 0.1) is 6.54 Å². The van der Waals surface area contributed by atoms with Gasteiger partial charge >= 0.3 is 0 Å². The van der Waals surface area contributed by atoms with E-state index in [0.29, 0.717) is 23.0 Å². The van der Waals surface area contributed by atoms with Crippen molar-refractivity contribution >= 4 is 17.6 Å². The van der Waals surface area contributed by atoms with Crippen LogP contribution >= 0.6 is 11.8 Å². The number of hydrogen-bond donors (Lipinski definition) is 1. The van der Waals surface area contributed by atoms with Crippen LogP contribution in [0.1, 0.15) is 0 Å². The normalized spacial score (nSPS) is 10.7. The number of nitrogens with two attached hydrogens (primary N) is 1. The first kappa shape index (κ1) is 11.9. The summed E-state index contributed by atoms with van der Waals surface area (Å²) in [6.45, 7) is 0.624. The maximum Gasteiger partial charge on any atom is 0.145 e. The topological polar surface area (TPSA) is 43.8 Å². The molecule has 0 aliphatic rings. The number of halogens is 2. The lowest BCUT2D eigenvalue weighted by molar-refractivity contribution is 0.565. The molecule has 1 heterocycles. The van der Waals surface area contributed by atoms with Gasteiger partial charge in [-0.15, -0.1) is 11.8 Å². The van der Waals surface area contributed by atoms with Crippen LogP contribution in [0.3, 0.4) is 0 Å². The summed E-state index contributed by atoms with van der Waals surface area (Å²) >= 11 is 1.32. The van der Waals surface area contributed by atoms with Gasteiger partial charge in [0.25, 0.3) is 0 Å². The van der Waals surface area contributed by atoms with Gasteiger partial charge in [0, 0.05) is 22.9 Å². The maximum absolute atomic E-state index is 13.3. The van der Waals surface area contributed by atoms with E-state index >= 15 is 0 Å². The van der Waals surface area contributed by atoms with Crippen molar-refractivity contribution in [1.82, 2.24) is 9.78 Å². The maximum atomic E-state index is 13.3. The highest BCUT2D eigenvalue weighted by molar-refractivity contribution is 7.99. The number of nitrogens with zero attached hydrogens (tertiary/aromatic N) is 2. The predicted octanol–water partition coefficient (Wildman–Crippen LogP) is 2.54. The minimum absolute atomic E-state index is 0.437. The van der Waals surface area contributed by atoms with Crippen molar-refractivity contribution in [2.45, 2.75) is 11.4 Å². The molecule has 6 heteroatoms. The number of aromatic nitrogens is 2. The number of benzene rings is 1. The Kier molecular flexibility index (Phi) is 3.63. The molecule has 1 aromatic carbocycles. The van der Waals surface area contributed by atoms with Gasteiger partial charge in [0.15, 0.2) is 0 Å². The Balaban J connectivity index is 1.90. The molecule has 0 aliphatic carbocycles. The van der Waals surface area contributed by atoms with E-state index in [-0.39, 0.29) is 0 Å². The molecule has 0 amide bonds. The molecule has 3 nitrogen and oxygen atoms in total. The molecule has 0 bridgehead atoms. The van der Waals surface area contributed by atoms with E-state index in [0.717, 1.165) is 6.07 Å². The second kappa shape index (κ2) is 5.18. The molecule has 0 atom stereocenters. The van der Waals surface area contributed by atoms with Gasteiger partial charge in [-0.3, -0.25) is 4.68 Å². The van der Waals surface area contributed by atoms with Crippen LogP contribution in [0.4, 0.5) is 14.6 Å². The van der Waals surface area contributed by atoms with Gasteiger partial charge in [0.2, 0.25) is 0 Å². The van der Waals surface area contributed by atoms with E-state index in [9.17, 15) is 8.78 Å². The summed E-state index contributed by atoms with van der Waals surface area (Å²) in [6.07, 6.45) is 1.76. The number of hydrogen-bond acceptors (Lipinski definition) is 3. The molecule has 2 aromatic rings. The van der Waals surface area contributed by atoms with Crippen molar-refractivity contribution in [1.29, 1.82) is 0 Å². The molecule has 0 fully saturated rings. The molecular formula is C11H11F2N3S. The molecule has 0 radical (unpaired) electrons. The van der Waals surface area contributed by atoms with Gasteiger partial charge in [-0.1, -0.05) is 0 Å². The Bertz CT molecular complexity index is 513. The molecule has 0 saturated heterocycles. The van der Waals surface area contributed by atoms with Crippen LogP contribution in [0.5, 0.6) is 0 Å². The Morgan fingerprint density at radius 1 is 1.29 bits per heavy atom. The highest BCUT2D eigenvalue weighted by Gasteiger charge is 2.04. The molecule has 2 rings (SSSR count).